The zero-order valence-electron chi connectivity index (χ0n) is 23.9. The van der Waals surface area contributed by atoms with Gasteiger partial charge in [-0.3, -0.25) is 9.48 Å². The summed E-state index contributed by atoms with van der Waals surface area (Å²) in [5.74, 6) is 2.68. The quantitative estimate of drug-likeness (QED) is 0.439. The number of anilines is 1. The summed E-state index contributed by atoms with van der Waals surface area (Å²) in [6.07, 6.45) is 6.42. The van der Waals surface area contributed by atoms with Crippen molar-refractivity contribution in [3.63, 3.8) is 0 Å². The molecule has 3 saturated carbocycles. The zero-order valence-corrected chi connectivity index (χ0v) is 24.7. The third kappa shape index (κ3) is 4.27. The molecule has 4 heterocycles. The van der Waals surface area contributed by atoms with Crippen molar-refractivity contribution in [2.24, 2.45) is 30.2 Å². The molecule has 1 amide bonds. The molecule has 0 radical (unpaired) electrons. The maximum absolute atomic E-state index is 13.5. The van der Waals surface area contributed by atoms with Crippen LogP contribution in [0, 0.1) is 30.1 Å². The fraction of sp³-hybridized carbons (Fsp3) is 0.571. The molecule has 40 heavy (non-hydrogen) atoms. The second-order valence-corrected chi connectivity index (χ2v) is 14.3. The Morgan fingerprint density at radius 3 is 2.50 bits per heavy atom. The van der Waals surface area contributed by atoms with Gasteiger partial charge in [-0.05, 0) is 69.9 Å². The number of carbonyl (C=O) groups excluding carboxylic acids is 1. The van der Waals surface area contributed by atoms with Gasteiger partial charge >= 0.3 is 0 Å². The normalized spacial score (nSPS) is 26.8. The predicted molar refractivity (Wildman–Crippen MR) is 149 cm³/mol. The van der Waals surface area contributed by atoms with Crippen LogP contribution in [0.3, 0.4) is 0 Å². The summed E-state index contributed by atoms with van der Waals surface area (Å²) in [7, 11) is -2.49. The SMILES string of the molecule is Cc1c(S(=O)(=O)NC(=O)c2ccc(-n3ccc(OCC45CC(C4)[C@H]5C)n3)nc2N2C[C@@H](C)CC2(C)C)cnn1C. The molecule has 0 unspecified atom stereocenters. The number of hydrogen-bond acceptors (Lipinski definition) is 8. The third-order valence-electron chi connectivity index (χ3n) is 9.46. The first kappa shape index (κ1) is 26.8. The molecule has 2 atom stereocenters. The minimum Gasteiger partial charge on any atom is -0.476 e. The Hall–Kier alpha value is -3.41. The van der Waals surface area contributed by atoms with Gasteiger partial charge in [0.05, 0.1) is 24.1 Å². The molecular weight excluding hydrogens is 530 g/mol. The molecule has 1 N–H and O–H groups in total. The van der Waals surface area contributed by atoms with E-state index in [1.165, 1.54) is 23.7 Å². The fourth-order valence-corrected chi connectivity index (χ4v) is 7.92. The highest BCUT2D eigenvalue weighted by Crippen LogP contribution is 2.68. The summed E-state index contributed by atoms with van der Waals surface area (Å²) in [5.41, 5.74) is 0.638. The van der Waals surface area contributed by atoms with Crippen molar-refractivity contribution in [1.82, 2.24) is 29.3 Å². The van der Waals surface area contributed by atoms with Crippen LogP contribution in [0.4, 0.5) is 5.82 Å². The summed E-state index contributed by atoms with van der Waals surface area (Å²) in [6, 6.07) is 5.11. The maximum Gasteiger partial charge on any atom is 0.268 e. The van der Waals surface area contributed by atoms with Crippen LogP contribution in [0.25, 0.3) is 5.82 Å². The number of pyridine rings is 1. The van der Waals surface area contributed by atoms with Crippen LogP contribution in [-0.4, -0.2) is 57.6 Å². The number of ether oxygens (including phenoxy) is 1. The Bertz CT molecular complexity index is 1590. The van der Waals surface area contributed by atoms with Gasteiger partial charge in [0.2, 0.25) is 5.88 Å². The number of aryl methyl sites for hydroxylation is 1. The summed E-state index contributed by atoms with van der Waals surface area (Å²) < 4.78 is 37.5. The van der Waals surface area contributed by atoms with Crippen LogP contribution in [0.15, 0.2) is 35.5 Å². The van der Waals surface area contributed by atoms with Gasteiger partial charge in [0.15, 0.2) is 5.82 Å². The van der Waals surface area contributed by atoms with Crippen molar-refractivity contribution >= 4 is 21.7 Å². The summed E-state index contributed by atoms with van der Waals surface area (Å²) in [5, 5.41) is 8.60. The van der Waals surface area contributed by atoms with E-state index in [1.807, 2.05) is 6.07 Å². The maximum atomic E-state index is 13.5. The van der Waals surface area contributed by atoms with E-state index < -0.39 is 15.9 Å². The number of nitrogens with one attached hydrogen (secondary N) is 1. The average Bonchev–Trinajstić information content (AvgIpc) is 3.54. The molecular formula is C28H37N7O4S. The number of nitrogens with zero attached hydrogens (tertiary/aromatic N) is 6. The van der Waals surface area contributed by atoms with E-state index in [0.29, 0.717) is 47.7 Å². The molecule has 11 nitrogen and oxygen atoms in total. The van der Waals surface area contributed by atoms with Crippen LogP contribution in [0.5, 0.6) is 5.88 Å². The molecule has 3 aromatic heterocycles. The standard InChI is InChI=1S/C28H37N7O4S/c1-17-11-27(4,5)34(15-17)25-21(26(36)32-40(37,38)22-14-29-33(6)19(22)3)7-8-23(30-25)35-10-9-24(31-35)39-16-28-12-20(13-28)18(28)2/h7-10,14,17-18,20H,11-13,15-16H2,1-6H3,(H,32,36)/t17-,18+,20?,28?/m0/s1. The van der Waals surface area contributed by atoms with Gasteiger partial charge < -0.3 is 9.64 Å². The minimum atomic E-state index is -4.14. The summed E-state index contributed by atoms with van der Waals surface area (Å²) in [4.78, 5) is 20.4. The highest BCUT2D eigenvalue weighted by Gasteiger charge is 2.63. The van der Waals surface area contributed by atoms with E-state index in [9.17, 15) is 13.2 Å². The number of amides is 1. The van der Waals surface area contributed by atoms with Crippen molar-refractivity contribution in [1.29, 1.82) is 0 Å². The van der Waals surface area contributed by atoms with E-state index >= 15 is 0 Å². The van der Waals surface area contributed by atoms with Crippen LogP contribution < -0.4 is 14.4 Å². The van der Waals surface area contributed by atoms with Gasteiger partial charge in [-0.1, -0.05) is 13.8 Å². The molecule has 4 fully saturated rings. The number of carbonyl (C=O) groups is 1. The molecule has 214 valence electrons. The predicted octanol–water partition coefficient (Wildman–Crippen LogP) is 3.48. The van der Waals surface area contributed by atoms with E-state index in [0.717, 1.165) is 18.3 Å². The van der Waals surface area contributed by atoms with Gasteiger partial charge in [0.25, 0.3) is 15.9 Å². The highest BCUT2D eigenvalue weighted by atomic mass is 32.2. The lowest BCUT2D eigenvalue weighted by atomic mass is 9.38. The van der Waals surface area contributed by atoms with Crippen LogP contribution in [-0.2, 0) is 17.1 Å². The molecule has 3 aliphatic carbocycles. The van der Waals surface area contributed by atoms with Gasteiger partial charge in [0, 0.05) is 36.8 Å². The third-order valence-corrected chi connectivity index (χ3v) is 10.9. The minimum absolute atomic E-state index is 0.0399. The molecule has 4 aliphatic rings. The van der Waals surface area contributed by atoms with Crippen LogP contribution in [0.1, 0.15) is 63.0 Å². The van der Waals surface area contributed by atoms with Gasteiger partial charge in [-0.2, -0.15) is 5.10 Å². The van der Waals surface area contributed by atoms with E-state index in [1.54, 1.807) is 37.0 Å². The van der Waals surface area contributed by atoms with Crippen molar-refractivity contribution in [2.75, 3.05) is 18.1 Å². The van der Waals surface area contributed by atoms with Crippen molar-refractivity contribution in [3.8, 4) is 11.7 Å². The number of rotatable bonds is 8. The summed E-state index contributed by atoms with van der Waals surface area (Å²) in [6.45, 7) is 11.7. The lowest BCUT2D eigenvalue weighted by Gasteiger charge is -2.67. The van der Waals surface area contributed by atoms with E-state index in [4.69, 9.17) is 9.72 Å². The Morgan fingerprint density at radius 1 is 1.18 bits per heavy atom. The van der Waals surface area contributed by atoms with Crippen molar-refractivity contribution in [3.05, 3.63) is 41.9 Å². The second kappa shape index (κ2) is 9.05. The Balaban J connectivity index is 1.30. The average molecular weight is 568 g/mol. The molecule has 0 spiro atoms. The van der Waals surface area contributed by atoms with Crippen molar-refractivity contribution in [2.45, 2.75) is 64.3 Å². The molecule has 2 bridgehead atoms. The molecule has 1 saturated heterocycles. The molecule has 3 aromatic rings. The Morgan fingerprint density at radius 2 is 1.93 bits per heavy atom. The fourth-order valence-electron chi connectivity index (χ4n) is 6.75. The Kier molecular flexibility index (Phi) is 6.06. The first-order chi connectivity index (χ1) is 18.8. The lowest BCUT2D eigenvalue weighted by Crippen LogP contribution is -2.62. The first-order valence-electron chi connectivity index (χ1n) is 13.8. The van der Waals surface area contributed by atoms with E-state index in [2.05, 4.69) is 47.5 Å². The molecule has 7 rings (SSSR count). The van der Waals surface area contributed by atoms with Gasteiger partial charge in [0.1, 0.15) is 10.7 Å². The molecule has 1 aliphatic heterocycles. The second-order valence-electron chi connectivity index (χ2n) is 12.6. The number of hydrogen-bond donors (Lipinski definition) is 1. The van der Waals surface area contributed by atoms with Crippen LogP contribution >= 0.6 is 0 Å². The Labute approximate surface area is 235 Å². The lowest BCUT2D eigenvalue weighted by molar-refractivity contribution is -0.199. The highest BCUT2D eigenvalue weighted by molar-refractivity contribution is 7.90. The number of sulfonamides is 1. The molecule has 0 aromatic carbocycles. The zero-order chi connectivity index (χ0) is 28.6. The first-order valence-corrected chi connectivity index (χ1v) is 15.3. The topological polar surface area (TPSA) is 124 Å². The molecule has 12 heteroatoms. The smallest absolute Gasteiger partial charge is 0.268 e. The van der Waals surface area contributed by atoms with Crippen molar-refractivity contribution < 1.29 is 17.9 Å². The number of aromatic nitrogens is 5. The monoisotopic (exact) mass is 567 g/mol. The largest absolute Gasteiger partial charge is 0.476 e. The summed E-state index contributed by atoms with van der Waals surface area (Å²) >= 11 is 0. The van der Waals surface area contributed by atoms with Gasteiger partial charge in [-0.25, -0.2) is 22.8 Å². The van der Waals surface area contributed by atoms with E-state index in [-0.39, 0.29) is 16.0 Å². The van der Waals surface area contributed by atoms with Crippen LogP contribution in [0.2, 0.25) is 0 Å². The van der Waals surface area contributed by atoms with Gasteiger partial charge in [-0.15, -0.1) is 5.10 Å².